The molecule has 2 rings (SSSR count). The van der Waals surface area contributed by atoms with Gasteiger partial charge in [0.25, 0.3) is 0 Å². The van der Waals surface area contributed by atoms with E-state index in [1.165, 1.54) is 18.2 Å². The van der Waals surface area contributed by atoms with Crippen LogP contribution < -0.4 is 0 Å². The Balaban J connectivity index is 2.47. The third kappa shape index (κ3) is 4.03. The second-order valence-corrected chi connectivity index (χ2v) is 5.69. The number of hydrogen-bond acceptors (Lipinski definition) is 3. The number of nitriles is 1. The summed E-state index contributed by atoms with van der Waals surface area (Å²) in [6, 6.07) is 7.07. The molecule has 0 saturated carbocycles. The van der Waals surface area contributed by atoms with Crippen LogP contribution in [0.25, 0.3) is 11.6 Å². The van der Waals surface area contributed by atoms with Crippen molar-refractivity contribution >= 4 is 39.2 Å². The first-order chi connectivity index (χ1) is 10.7. The topological polar surface area (TPSA) is 56.9 Å². The van der Waals surface area contributed by atoms with Crippen LogP contribution in [0.5, 0.6) is 5.75 Å². The molecule has 3 nitrogen and oxygen atoms in total. The Labute approximate surface area is 142 Å². The summed E-state index contributed by atoms with van der Waals surface area (Å²) in [4.78, 5) is 3.65. The molecule has 0 amide bonds. The molecular weight excluding hydrogens is 397 g/mol. The van der Waals surface area contributed by atoms with E-state index in [4.69, 9.17) is 11.6 Å². The number of aromatic hydroxyl groups is 1. The van der Waals surface area contributed by atoms with Crippen molar-refractivity contribution in [3.63, 3.8) is 0 Å². The Morgan fingerprint density at radius 2 is 2.04 bits per heavy atom. The van der Waals surface area contributed by atoms with Gasteiger partial charge in [0.15, 0.2) is 0 Å². The molecule has 1 heterocycles. The fraction of sp³-hybridized carbons (Fsp3) is 0.0667. The number of aromatic nitrogens is 1. The molecule has 0 radical (unpaired) electrons. The van der Waals surface area contributed by atoms with Crippen LogP contribution in [0.1, 0.15) is 16.8 Å². The van der Waals surface area contributed by atoms with Gasteiger partial charge in [-0.25, -0.2) is 0 Å². The maximum Gasteiger partial charge on any atom is 0.417 e. The molecule has 0 aliphatic carbocycles. The number of rotatable bonds is 2. The van der Waals surface area contributed by atoms with E-state index in [9.17, 15) is 23.5 Å². The van der Waals surface area contributed by atoms with Gasteiger partial charge in [-0.3, -0.25) is 4.98 Å². The van der Waals surface area contributed by atoms with Gasteiger partial charge < -0.3 is 5.11 Å². The van der Waals surface area contributed by atoms with Crippen LogP contribution >= 0.6 is 27.5 Å². The van der Waals surface area contributed by atoms with Crippen LogP contribution in [0.15, 0.2) is 34.9 Å². The van der Waals surface area contributed by atoms with Gasteiger partial charge in [0.2, 0.25) is 0 Å². The minimum absolute atomic E-state index is 0.00122. The number of phenols is 1. The molecule has 0 fully saturated rings. The highest BCUT2D eigenvalue weighted by Gasteiger charge is 2.31. The molecule has 1 aromatic carbocycles. The molecule has 2 aromatic rings. The van der Waals surface area contributed by atoms with E-state index in [2.05, 4.69) is 20.9 Å². The van der Waals surface area contributed by atoms with Crippen LogP contribution in [0.4, 0.5) is 13.2 Å². The minimum atomic E-state index is -4.56. The number of pyridine rings is 1. The SMILES string of the molecule is N#C/C(=C\c1ccc(O)c(Br)c1)c1ncc(C(F)(F)F)cc1Cl. The summed E-state index contributed by atoms with van der Waals surface area (Å²) >= 11 is 8.96. The summed E-state index contributed by atoms with van der Waals surface area (Å²) < 4.78 is 38.2. The lowest BCUT2D eigenvalue weighted by Gasteiger charge is -2.08. The van der Waals surface area contributed by atoms with Gasteiger partial charge in [-0.1, -0.05) is 17.7 Å². The molecule has 0 bridgehead atoms. The van der Waals surface area contributed by atoms with Crippen molar-refractivity contribution in [1.82, 2.24) is 4.98 Å². The third-order valence-electron chi connectivity index (χ3n) is 2.83. The van der Waals surface area contributed by atoms with Crippen LogP contribution in [0, 0.1) is 11.3 Å². The molecule has 0 atom stereocenters. The smallest absolute Gasteiger partial charge is 0.417 e. The number of halogens is 5. The van der Waals surface area contributed by atoms with Crippen molar-refractivity contribution in [3.8, 4) is 11.8 Å². The second-order valence-electron chi connectivity index (χ2n) is 4.43. The first-order valence-corrected chi connectivity index (χ1v) is 7.23. The molecule has 0 unspecified atom stereocenters. The zero-order valence-corrected chi connectivity index (χ0v) is 13.5. The van der Waals surface area contributed by atoms with Gasteiger partial charge in [0.05, 0.1) is 26.3 Å². The summed E-state index contributed by atoms with van der Waals surface area (Å²) in [7, 11) is 0. The highest BCUT2D eigenvalue weighted by Crippen LogP contribution is 2.33. The summed E-state index contributed by atoms with van der Waals surface area (Å²) in [5.41, 5.74) is -0.493. The Morgan fingerprint density at radius 1 is 1.35 bits per heavy atom. The summed E-state index contributed by atoms with van der Waals surface area (Å²) in [5.74, 6) is 0.0198. The number of hydrogen-bond donors (Lipinski definition) is 1. The monoisotopic (exact) mass is 402 g/mol. The molecule has 0 spiro atoms. The molecule has 118 valence electrons. The van der Waals surface area contributed by atoms with Crippen LogP contribution in [-0.4, -0.2) is 10.1 Å². The lowest BCUT2D eigenvalue weighted by atomic mass is 10.1. The minimum Gasteiger partial charge on any atom is -0.507 e. The van der Waals surface area contributed by atoms with Crippen LogP contribution in [0.2, 0.25) is 5.02 Å². The predicted molar refractivity (Wildman–Crippen MR) is 83.5 cm³/mol. The molecule has 0 aliphatic rings. The Bertz CT molecular complexity index is 828. The molecule has 23 heavy (non-hydrogen) atoms. The molecular formula is C15H7BrClF3N2O. The van der Waals surface area contributed by atoms with E-state index in [1.807, 2.05) is 6.07 Å². The number of allylic oxidation sites excluding steroid dienone is 1. The quantitative estimate of drug-likeness (QED) is 0.694. The Kier molecular flexibility index (Phi) is 4.97. The van der Waals surface area contributed by atoms with Crippen molar-refractivity contribution < 1.29 is 18.3 Å². The zero-order valence-electron chi connectivity index (χ0n) is 11.2. The third-order valence-corrected chi connectivity index (χ3v) is 3.75. The van der Waals surface area contributed by atoms with Gasteiger partial charge in [-0.15, -0.1) is 0 Å². The van der Waals surface area contributed by atoms with Gasteiger partial charge in [0.1, 0.15) is 11.8 Å². The van der Waals surface area contributed by atoms with Crippen molar-refractivity contribution in [3.05, 3.63) is 56.8 Å². The van der Waals surface area contributed by atoms with Crippen molar-refractivity contribution in [1.29, 1.82) is 5.26 Å². The van der Waals surface area contributed by atoms with E-state index in [0.717, 1.165) is 6.07 Å². The lowest BCUT2D eigenvalue weighted by molar-refractivity contribution is -0.137. The maximum absolute atomic E-state index is 12.6. The molecule has 1 N–H and O–H groups in total. The summed E-state index contributed by atoms with van der Waals surface area (Å²) in [5, 5.41) is 18.4. The zero-order chi connectivity index (χ0) is 17.2. The van der Waals surface area contributed by atoms with Crippen molar-refractivity contribution in [2.45, 2.75) is 6.18 Å². The van der Waals surface area contributed by atoms with Gasteiger partial charge in [0, 0.05) is 6.20 Å². The van der Waals surface area contributed by atoms with Gasteiger partial charge in [-0.05, 0) is 45.8 Å². The van der Waals surface area contributed by atoms with E-state index < -0.39 is 11.7 Å². The summed E-state index contributed by atoms with van der Waals surface area (Å²) in [6.45, 7) is 0. The fourth-order valence-electron chi connectivity index (χ4n) is 1.72. The fourth-order valence-corrected chi connectivity index (χ4v) is 2.39. The van der Waals surface area contributed by atoms with E-state index in [1.54, 1.807) is 6.07 Å². The van der Waals surface area contributed by atoms with E-state index in [-0.39, 0.29) is 22.0 Å². The predicted octanol–water partition coefficient (Wildman–Crippen LogP) is 5.29. The van der Waals surface area contributed by atoms with Gasteiger partial charge >= 0.3 is 6.18 Å². The highest BCUT2D eigenvalue weighted by molar-refractivity contribution is 9.10. The second kappa shape index (κ2) is 6.60. The largest absolute Gasteiger partial charge is 0.507 e. The number of phenolic OH excluding ortho intramolecular Hbond substituents is 1. The standard InChI is InChI=1S/C15H7BrClF3N2O/c16-11-4-8(1-2-13(11)23)3-9(6-21)14-12(17)5-10(7-22-14)15(18,19)20/h1-5,7,23H/b9-3+. The Hall–Kier alpha value is -2.04. The molecule has 0 saturated heterocycles. The van der Waals surface area contributed by atoms with E-state index >= 15 is 0 Å². The van der Waals surface area contributed by atoms with Crippen LogP contribution in [0.3, 0.4) is 0 Å². The summed E-state index contributed by atoms with van der Waals surface area (Å²) in [6.07, 6.45) is -2.53. The molecule has 1 aromatic heterocycles. The number of nitrogens with zero attached hydrogens (tertiary/aromatic N) is 2. The lowest BCUT2D eigenvalue weighted by Crippen LogP contribution is -2.06. The average molecular weight is 404 g/mol. The first-order valence-electron chi connectivity index (χ1n) is 6.06. The Morgan fingerprint density at radius 3 is 2.57 bits per heavy atom. The first kappa shape index (κ1) is 17.3. The maximum atomic E-state index is 12.6. The number of alkyl halides is 3. The van der Waals surface area contributed by atoms with Crippen LogP contribution in [-0.2, 0) is 6.18 Å². The highest BCUT2D eigenvalue weighted by atomic mass is 79.9. The molecule has 0 aliphatic heterocycles. The normalized spacial score (nSPS) is 12.1. The average Bonchev–Trinajstić information content (AvgIpc) is 2.47. The van der Waals surface area contributed by atoms with E-state index in [0.29, 0.717) is 16.2 Å². The van der Waals surface area contributed by atoms with Gasteiger partial charge in [-0.2, -0.15) is 18.4 Å². The van der Waals surface area contributed by atoms with Crippen molar-refractivity contribution in [2.24, 2.45) is 0 Å². The van der Waals surface area contributed by atoms with Crippen molar-refractivity contribution in [2.75, 3.05) is 0 Å². The number of benzene rings is 1. The molecule has 8 heteroatoms.